The molecule has 0 saturated carbocycles. The highest BCUT2D eigenvalue weighted by atomic mass is 16.5. The van der Waals surface area contributed by atoms with Gasteiger partial charge in [-0.25, -0.2) is 0 Å². The molecule has 3 heterocycles. The number of benzene rings is 1. The van der Waals surface area contributed by atoms with Crippen molar-refractivity contribution >= 4 is 10.9 Å². The van der Waals surface area contributed by atoms with Gasteiger partial charge in [0.1, 0.15) is 5.75 Å². The summed E-state index contributed by atoms with van der Waals surface area (Å²) in [7, 11) is 1.69. The predicted octanol–water partition coefficient (Wildman–Crippen LogP) is 4.95. The summed E-state index contributed by atoms with van der Waals surface area (Å²) in [4.78, 5) is 12.1. The quantitative estimate of drug-likeness (QED) is 0.614. The van der Waals surface area contributed by atoms with Gasteiger partial charge in [0.2, 0.25) is 0 Å². The second-order valence-corrected chi connectivity index (χ2v) is 10.0. The van der Waals surface area contributed by atoms with Crippen molar-refractivity contribution < 1.29 is 4.74 Å². The van der Waals surface area contributed by atoms with Gasteiger partial charge in [-0.15, -0.1) is 0 Å². The summed E-state index contributed by atoms with van der Waals surface area (Å²) in [5.74, 6) is 0.859. The van der Waals surface area contributed by atoms with Gasteiger partial charge in [-0.05, 0) is 76.9 Å². The van der Waals surface area contributed by atoms with E-state index in [4.69, 9.17) is 9.72 Å². The van der Waals surface area contributed by atoms with E-state index in [0.717, 1.165) is 54.0 Å². The largest absolute Gasteiger partial charge is 0.497 e. The third-order valence-corrected chi connectivity index (χ3v) is 6.10. The molecule has 5 heteroatoms. The lowest BCUT2D eigenvalue weighted by Crippen LogP contribution is -2.62. The highest BCUT2D eigenvalue weighted by Gasteiger charge is 2.40. The van der Waals surface area contributed by atoms with Gasteiger partial charge in [0.25, 0.3) is 0 Å². The number of hydrogen-bond donors (Lipinski definition) is 1. The molecule has 1 N–H and O–H groups in total. The lowest BCUT2D eigenvalue weighted by atomic mass is 9.79. The predicted molar refractivity (Wildman–Crippen MR) is 126 cm³/mol. The minimum absolute atomic E-state index is 0.0855. The molecule has 1 aromatic carbocycles. The van der Waals surface area contributed by atoms with Crippen molar-refractivity contribution in [1.82, 2.24) is 20.2 Å². The van der Waals surface area contributed by atoms with Crippen molar-refractivity contribution in [2.45, 2.75) is 70.7 Å². The summed E-state index contributed by atoms with van der Waals surface area (Å²) >= 11 is 0. The van der Waals surface area contributed by atoms with E-state index >= 15 is 0 Å². The van der Waals surface area contributed by atoms with Gasteiger partial charge in [-0.2, -0.15) is 0 Å². The third kappa shape index (κ3) is 5.41. The zero-order valence-electron chi connectivity index (χ0n) is 19.4. The van der Waals surface area contributed by atoms with Crippen LogP contribution in [-0.2, 0) is 13.1 Å². The Labute approximate surface area is 185 Å². The standard InChI is InChI=1S/C26H34N4O/c1-25(2)15-22(16-26(3,4)29-25)30(17-20-8-6-7-13-27-20)18-21-10-9-19-14-23(31-5)11-12-24(19)28-21/h6-14,22,29H,15-18H2,1-5H3. The van der Waals surface area contributed by atoms with E-state index in [1.165, 1.54) is 0 Å². The van der Waals surface area contributed by atoms with Crippen LogP contribution in [0, 0.1) is 0 Å². The Kier molecular flexibility index (Phi) is 6.00. The zero-order valence-corrected chi connectivity index (χ0v) is 19.4. The van der Waals surface area contributed by atoms with E-state index in [2.05, 4.69) is 67.2 Å². The van der Waals surface area contributed by atoms with Crippen LogP contribution >= 0.6 is 0 Å². The first-order valence-electron chi connectivity index (χ1n) is 11.1. The van der Waals surface area contributed by atoms with Gasteiger partial charge in [-0.1, -0.05) is 12.1 Å². The highest BCUT2D eigenvalue weighted by Crippen LogP contribution is 2.33. The number of hydrogen-bond acceptors (Lipinski definition) is 5. The highest BCUT2D eigenvalue weighted by molar-refractivity contribution is 5.80. The van der Waals surface area contributed by atoms with Gasteiger partial charge in [0.05, 0.1) is 24.0 Å². The van der Waals surface area contributed by atoms with Crippen molar-refractivity contribution in [2.75, 3.05) is 7.11 Å². The van der Waals surface area contributed by atoms with Crippen molar-refractivity contribution in [3.05, 3.63) is 66.1 Å². The van der Waals surface area contributed by atoms with E-state index in [1.807, 2.05) is 30.5 Å². The minimum Gasteiger partial charge on any atom is -0.497 e. The Morgan fingerprint density at radius 2 is 1.71 bits per heavy atom. The molecule has 5 nitrogen and oxygen atoms in total. The van der Waals surface area contributed by atoms with E-state index in [9.17, 15) is 0 Å². The lowest BCUT2D eigenvalue weighted by Gasteiger charge is -2.49. The van der Waals surface area contributed by atoms with E-state index in [1.54, 1.807) is 7.11 Å². The number of methoxy groups -OCH3 is 1. The van der Waals surface area contributed by atoms with Gasteiger partial charge >= 0.3 is 0 Å². The van der Waals surface area contributed by atoms with Gasteiger partial charge in [0, 0.05) is 41.8 Å². The maximum absolute atomic E-state index is 5.35. The zero-order chi connectivity index (χ0) is 22.1. The molecule has 0 amide bonds. The SMILES string of the molecule is COc1ccc2nc(CN(Cc3ccccn3)C3CC(C)(C)NC(C)(C)C3)ccc2c1. The number of nitrogens with one attached hydrogen (secondary N) is 1. The molecule has 0 bridgehead atoms. The first-order valence-corrected chi connectivity index (χ1v) is 11.1. The maximum atomic E-state index is 5.35. The summed E-state index contributed by atoms with van der Waals surface area (Å²) in [6.45, 7) is 10.8. The Morgan fingerprint density at radius 3 is 2.39 bits per heavy atom. The van der Waals surface area contributed by atoms with E-state index in [-0.39, 0.29) is 11.1 Å². The third-order valence-electron chi connectivity index (χ3n) is 6.10. The molecule has 1 aliphatic rings. The van der Waals surface area contributed by atoms with Crippen LogP contribution in [0.4, 0.5) is 0 Å². The number of fused-ring (bicyclic) bond motifs is 1. The molecule has 1 saturated heterocycles. The average Bonchev–Trinajstić information content (AvgIpc) is 2.71. The van der Waals surface area contributed by atoms with Crippen LogP contribution in [0.25, 0.3) is 10.9 Å². The average molecular weight is 419 g/mol. The van der Waals surface area contributed by atoms with Crippen LogP contribution in [0.3, 0.4) is 0 Å². The number of piperidine rings is 1. The number of pyridine rings is 2. The van der Waals surface area contributed by atoms with Crippen molar-refractivity contribution in [3.63, 3.8) is 0 Å². The second-order valence-electron chi connectivity index (χ2n) is 10.0. The molecule has 31 heavy (non-hydrogen) atoms. The van der Waals surface area contributed by atoms with Crippen molar-refractivity contribution in [3.8, 4) is 5.75 Å². The summed E-state index contributed by atoms with van der Waals surface area (Å²) in [5.41, 5.74) is 3.36. The Balaban J connectivity index is 1.63. The Bertz CT molecular complexity index is 1020. The summed E-state index contributed by atoms with van der Waals surface area (Å²) < 4.78 is 5.35. The molecule has 1 fully saturated rings. The first-order chi connectivity index (χ1) is 14.7. The van der Waals surface area contributed by atoms with Crippen LogP contribution in [0.15, 0.2) is 54.7 Å². The Hall–Kier alpha value is -2.50. The van der Waals surface area contributed by atoms with E-state index in [0.29, 0.717) is 6.04 Å². The van der Waals surface area contributed by atoms with Gasteiger partial charge < -0.3 is 10.1 Å². The van der Waals surface area contributed by atoms with Crippen molar-refractivity contribution in [1.29, 1.82) is 0 Å². The molecule has 0 radical (unpaired) electrons. The molecule has 0 atom stereocenters. The summed E-state index contributed by atoms with van der Waals surface area (Å²) in [6, 6.07) is 16.9. The Morgan fingerprint density at radius 1 is 0.968 bits per heavy atom. The molecule has 0 aliphatic carbocycles. The van der Waals surface area contributed by atoms with Gasteiger partial charge in [0.15, 0.2) is 0 Å². The fourth-order valence-corrected chi connectivity index (χ4v) is 5.11. The molecule has 3 aromatic rings. The maximum Gasteiger partial charge on any atom is 0.119 e. The molecule has 0 unspecified atom stereocenters. The number of aromatic nitrogens is 2. The number of ether oxygens (including phenoxy) is 1. The summed E-state index contributed by atoms with van der Waals surface area (Å²) in [6.07, 6.45) is 4.06. The van der Waals surface area contributed by atoms with Crippen LogP contribution in [0.1, 0.15) is 51.9 Å². The fourth-order valence-electron chi connectivity index (χ4n) is 5.11. The minimum atomic E-state index is 0.0855. The molecule has 4 rings (SSSR count). The number of rotatable bonds is 6. The molecule has 0 spiro atoms. The van der Waals surface area contributed by atoms with Crippen molar-refractivity contribution in [2.24, 2.45) is 0 Å². The molecular formula is C26H34N4O. The fraction of sp³-hybridized carbons (Fsp3) is 0.462. The van der Waals surface area contributed by atoms with Crippen LogP contribution in [0.2, 0.25) is 0 Å². The van der Waals surface area contributed by atoms with Crippen LogP contribution < -0.4 is 10.1 Å². The lowest BCUT2D eigenvalue weighted by molar-refractivity contribution is 0.0549. The molecule has 164 valence electrons. The summed E-state index contributed by atoms with van der Waals surface area (Å²) in [5, 5.41) is 4.91. The molecular weight excluding hydrogens is 384 g/mol. The van der Waals surface area contributed by atoms with Crippen LogP contribution in [-0.4, -0.2) is 39.1 Å². The second kappa shape index (κ2) is 8.56. The van der Waals surface area contributed by atoms with Crippen LogP contribution in [0.5, 0.6) is 5.75 Å². The molecule has 1 aliphatic heterocycles. The first kappa shape index (κ1) is 21.7. The molecule has 2 aromatic heterocycles. The smallest absolute Gasteiger partial charge is 0.119 e. The number of nitrogens with zero attached hydrogens (tertiary/aromatic N) is 3. The topological polar surface area (TPSA) is 50.3 Å². The normalized spacial score (nSPS) is 18.4. The monoisotopic (exact) mass is 418 g/mol. The van der Waals surface area contributed by atoms with Gasteiger partial charge in [-0.3, -0.25) is 14.9 Å². The van der Waals surface area contributed by atoms with E-state index < -0.39 is 0 Å².